The van der Waals surface area contributed by atoms with Crippen molar-refractivity contribution in [1.82, 2.24) is 5.32 Å². The highest BCUT2D eigenvalue weighted by atomic mass is 32.2. The van der Waals surface area contributed by atoms with E-state index in [0.29, 0.717) is 20.4 Å². The van der Waals surface area contributed by atoms with Crippen molar-refractivity contribution in [2.45, 2.75) is 6.61 Å². The van der Waals surface area contributed by atoms with E-state index in [1.54, 1.807) is 18.2 Å². The molecule has 3 rings (SSSR count). The van der Waals surface area contributed by atoms with Crippen molar-refractivity contribution in [2.24, 2.45) is 0 Å². The first-order chi connectivity index (χ1) is 12.4. The van der Waals surface area contributed by atoms with E-state index in [9.17, 15) is 19.3 Å². The summed E-state index contributed by atoms with van der Waals surface area (Å²) in [6, 6.07) is 10.1. The number of carbonyl (C=O) groups excluding carboxylic acids is 1. The third-order valence-corrected chi connectivity index (χ3v) is 4.64. The Morgan fingerprint density at radius 1 is 1.31 bits per heavy atom. The Kier molecular flexibility index (Phi) is 5.29. The van der Waals surface area contributed by atoms with Crippen molar-refractivity contribution < 1.29 is 18.8 Å². The van der Waals surface area contributed by atoms with Gasteiger partial charge >= 0.3 is 0 Å². The lowest BCUT2D eigenvalue weighted by Gasteiger charge is -2.10. The van der Waals surface area contributed by atoms with Crippen LogP contribution in [0.25, 0.3) is 6.08 Å². The summed E-state index contributed by atoms with van der Waals surface area (Å²) in [7, 11) is 0. The van der Waals surface area contributed by atoms with Gasteiger partial charge in [-0.25, -0.2) is 4.39 Å². The quantitative estimate of drug-likeness (QED) is 0.362. The van der Waals surface area contributed by atoms with Gasteiger partial charge in [-0.05, 0) is 18.2 Å². The fraction of sp³-hybridized carbons (Fsp3) is 0.0588. The summed E-state index contributed by atoms with van der Waals surface area (Å²) in [6.07, 6.45) is 1.46. The summed E-state index contributed by atoms with van der Waals surface area (Å²) in [5.41, 5.74) is 0.526. The van der Waals surface area contributed by atoms with E-state index in [2.05, 4.69) is 5.32 Å². The van der Waals surface area contributed by atoms with Crippen LogP contribution in [0.3, 0.4) is 0 Å². The summed E-state index contributed by atoms with van der Waals surface area (Å²) in [6.45, 7) is -0.0571. The van der Waals surface area contributed by atoms with E-state index in [4.69, 9.17) is 17.0 Å². The molecule has 1 fully saturated rings. The Labute approximate surface area is 157 Å². The number of hydrogen-bond acceptors (Lipinski definition) is 6. The molecule has 1 N–H and O–H groups in total. The predicted octanol–water partition coefficient (Wildman–Crippen LogP) is 3.80. The van der Waals surface area contributed by atoms with E-state index in [-0.39, 0.29) is 24.0 Å². The van der Waals surface area contributed by atoms with Crippen LogP contribution in [0.1, 0.15) is 11.1 Å². The molecule has 1 heterocycles. The third-order valence-electron chi connectivity index (χ3n) is 3.47. The number of nitrogens with zero attached hydrogens (tertiary/aromatic N) is 1. The number of thiocarbonyl (C=S) groups is 1. The Morgan fingerprint density at radius 3 is 2.73 bits per heavy atom. The largest absolute Gasteiger partial charge is 0.488 e. The molecule has 0 radical (unpaired) electrons. The molecule has 0 aromatic heterocycles. The maximum Gasteiger partial charge on any atom is 0.270 e. The molecule has 26 heavy (non-hydrogen) atoms. The number of benzene rings is 2. The summed E-state index contributed by atoms with van der Waals surface area (Å²) in [5, 5.41) is 13.5. The molecule has 0 unspecified atom stereocenters. The molecule has 0 atom stereocenters. The minimum absolute atomic E-state index is 0.0571. The summed E-state index contributed by atoms with van der Waals surface area (Å²) < 4.78 is 19.7. The average Bonchev–Trinajstić information content (AvgIpc) is 2.92. The molecule has 132 valence electrons. The molecule has 2 aromatic carbocycles. The first kappa shape index (κ1) is 18.0. The summed E-state index contributed by atoms with van der Waals surface area (Å²) in [5.74, 6) is -0.505. The fourth-order valence-electron chi connectivity index (χ4n) is 2.23. The number of hydrogen-bond donors (Lipinski definition) is 1. The smallest absolute Gasteiger partial charge is 0.270 e. The molecule has 1 aliphatic heterocycles. The zero-order chi connectivity index (χ0) is 18.7. The van der Waals surface area contributed by atoms with Crippen LogP contribution in [0.4, 0.5) is 10.1 Å². The molecule has 1 saturated heterocycles. The van der Waals surface area contributed by atoms with Crippen LogP contribution in [0, 0.1) is 15.9 Å². The standard InChI is InChI=1S/C17H11FN2O4S2/c18-13-4-2-1-3-10(13)9-24-14-6-5-12(20(22)23)7-11(14)8-15-16(21)19-17(25)26-15/h1-8H,9H2,(H,19,21,25)/b15-8+. The van der Waals surface area contributed by atoms with Gasteiger partial charge in [-0.15, -0.1) is 0 Å². The molecule has 0 aliphatic carbocycles. The number of ether oxygens (including phenoxy) is 1. The number of amides is 1. The van der Waals surface area contributed by atoms with Crippen LogP contribution in [0.2, 0.25) is 0 Å². The van der Waals surface area contributed by atoms with Gasteiger partial charge in [0.2, 0.25) is 0 Å². The average molecular weight is 390 g/mol. The number of nitro benzene ring substituents is 1. The Hall–Kier alpha value is -2.78. The van der Waals surface area contributed by atoms with Gasteiger partial charge in [0.15, 0.2) is 0 Å². The van der Waals surface area contributed by atoms with Gasteiger partial charge < -0.3 is 10.1 Å². The van der Waals surface area contributed by atoms with E-state index in [1.165, 1.54) is 30.3 Å². The highest BCUT2D eigenvalue weighted by molar-refractivity contribution is 8.26. The van der Waals surface area contributed by atoms with Gasteiger partial charge in [-0.3, -0.25) is 14.9 Å². The molecular formula is C17H11FN2O4S2. The second kappa shape index (κ2) is 7.63. The van der Waals surface area contributed by atoms with Gasteiger partial charge in [-0.2, -0.15) is 0 Å². The van der Waals surface area contributed by atoms with Gasteiger partial charge in [0.25, 0.3) is 11.6 Å². The molecule has 6 nitrogen and oxygen atoms in total. The maximum absolute atomic E-state index is 13.7. The van der Waals surface area contributed by atoms with Gasteiger partial charge in [0.05, 0.1) is 9.83 Å². The molecule has 1 amide bonds. The summed E-state index contributed by atoms with van der Waals surface area (Å²) in [4.78, 5) is 22.6. The molecular weight excluding hydrogens is 379 g/mol. The topological polar surface area (TPSA) is 81.5 Å². The van der Waals surface area contributed by atoms with Crippen LogP contribution < -0.4 is 10.1 Å². The van der Waals surface area contributed by atoms with E-state index in [0.717, 1.165) is 11.8 Å². The van der Waals surface area contributed by atoms with Crippen molar-refractivity contribution in [3.63, 3.8) is 0 Å². The highest BCUT2D eigenvalue weighted by Gasteiger charge is 2.23. The SMILES string of the molecule is O=C1NC(=S)S/C1=C/c1cc([N+](=O)[O-])ccc1OCc1ccccc1F. The molecule has 0 bridgehead atoms. The highest BCUT2D eigenvalue weighted by Crippen LogP contribution is 2.32. The number of halogens is 1. The first-order valence-electron chi connectivity index (χ1n) is 7.33. The number of nitrogens with one attached hydrogen (secondary N) is 1. The number of thioether (sulfide) groups is 1. The molecule has 9 heteroatoms. The van der Waals surface area contributed by atoms with Crippen molar-refractivity contribution in [3.8, 4) is 5.75 Å². The summed E-state index contributed by atoms with van der Waals surface area (Å²) >= 11 is 5.98. The minimum Gasteiger partial charge on any atom is -0.488 e. The van der Waals surface area contributed by atoms with Crippen molar-refractivity contribution in [2.75, 3.05) is 0 Å². The van der Waals surface area contributed by atoms with Crippen LogP contribution in [0.15, 0.2) is 47.4 Å². The lowest BCUT2D eigenvalue weighted by Crippen LogP contribution is -2.17. The van der Waals surface area contributed by atoms with Crippen molar-refractivity contribution in [3.05, 3.63) is 74.4 Å². The molecule has 2 aromatic rings. The number of nitro groups is 1. The van der Waals surface area contributed by atoms with Gasteiger partial charge in [0, 0.05) is 23.3 Å². The van der Waals surface area contributed by atoms with Gasteiger partial charge in [0.1, 0.15) is 22.5 Å². The van der Waals surface area contributed by atoms with E-state index < -0.39 is 10.7 Å². The van der Waals surface area contributed by atoms with Gasteiger partial charge in [-0.1, -0.05) is 42.2 Å². The van der Waals surface area contributed by atoms with Crippen LogP contribution in [0.5, 0.6) is 5.75 Å². The number of carbonyl (C=O) groups is 1. The van der Waals surface area contributed by atoms with Crippen LogP contribution in [-0.2, 0) is 11.4 Å². The van der Waals surface area contributed by atoms with Crippen molar-refractivity contribution >= 4 is 46.0 Å². The third kappa shape index (κ3) is 4.06. The fourth-order valence-corrected chi connectivity index (χ4v) is 3.26. The number of non-ortho nitro benzene ring substituents is 1. The van der Waals surface area contributed by atoms with E-state index >= 15 is 0 Å². The van der Waals surface area contributed by atoms with E-state index in [1.807, 2.05) is 0 Å². The zero-order valence-electron chi connectivity index (χ0n) is 13.1. The Bertz CT molecular complexity index is 946. The number of rotatable bonds is 5. The first-order valence-corrected chi connectivity index (χ1v) is 8.56. The molecule has 1 aliphatic rings. The van der Waals surface area contributed by atoms with Crippen molar-refractivity contribution in [1.29, 1.82) is 0 Å². The lowest BCUT2D eigenvalue weighted by atomic mass is 10.1. The van der Waals surface area contributed by atoms with Crippen LogP contribution >= 0.6 is 24.0 Å². The zero-order valence-corrected chi connectivity index (χ0v) is 14.7. The Morgan fingerprint density at radius 2 is 2.08 bits per heavy atom. The monoisotopic (exact) mass is 390 g/mol. The lowest BCUT2D eigenvalue weighted by molar-refractivity contribution is -0.384. The second-order valence-corrected chi connectivity index (χ2v) is 6.93. The predicted molar refractivity (Wildman–Crippen MR) is 100 cm³/mol. The molecule has 0 saturated carbocycles. The maximum atomic E-state index is 13.7. The minimum atomic E-state index is -0.546. The normalized spacial score (nSPS) is 15.2. The molecule has 0 spiro atoms. The second-order valence-electron chi connectivity index (χ2n) is 5.21. The van der Waals surface area contributed by atoms with Crippen LogP contribution in [-0.4, -0.2) is 15.2 Å². The Balaban J connectivity index is 1.93.